The number of hydrogen-bond donors (Lipinski definition) is 1. The molecule has 0 radical (unpaired) electrons. The van der Waals surface area contributed by atoms with E-state index in [0.717, 1.165) is 25.4 Å². The van der Waals surface area contributed by atoms with Gasteiger partial charge in [-0.1, -0.05) is 30.3 Å². The van der Waals surface area contributed by atoms with Crippen molar-refractivity contribution >= 4 is 12.6 Å². The average Bonchev–Trinajstić information content (AvgIpc) is 2.36. The first-order chi connectivity index (χ1) is 8.33. The third kappa shape index (κ3) is 7.42. The SMILES string of the molecule is CN(CCCCS)CCOCc1ccccc1. The van der Waals surface area contributed by atoms with Gasteiger partial charge in [-0.2, -0.15) is 12.6 Å². The van der Waals surface area contributed by atoms with Gasteiger partial charge in [0.1, 0.15) is 0 Å². The number of thiol groups is 1. The first-order valence-electron chi connectivity index (χ1n) is 6.24. The van der Waals surface area contributed by atoms with Crippen LogP contribution in [-0.2, 0) is 11.3 Å². The van der Waals surface area contributed by atoms with Crippen molar-refractivity contribution in [3.8, 4) is 0 Å². The second kappa shape index (κ2) is 9.51. The van der Waals surface area contributed by atoms with Crippen molar-refractivity contribution in [2.24, 2.45) is 0 Å². The molecule has 17 heavy (non-hydrogen) atoms. The van der Waals surface area contributed by atoms with E-state index in [1.165, 1.54) is 18.4 Å². The summed E-state index contributed by atoms with van der Waals surface area (Å²) in [6.45, 7) is 3.65. The molecule has 0 saturated heterocycles. The van der Waals surface area contributed by atoms with Crippen LogP contribution in [0.5, 0.6) is 0 Å². The fraction of sp³-hybridized carbons (Fsp3) is 0.571. The normalized spacial score (nSPS) is 11.0. The first kappa shape index (κ1) is 14.6. The minimum absolute atomic E-state index is 0.714. The Bertz CT molecular complexity index is 279. The molecule has 96 valence electrons. The molecular weight excluding hydrogens is 230 g/mol. The highest BCUT2D eigenvalue weighted by Gasteiger charge is 1.98. The van der Waals surface area contributed by atoms with Gasteiger partial charge in [0.2, 0.25) is 0 Å². The van der Waals surface area contributed by atoms with Crippen LogP contribution < -0.4 is 0 Å². The number of ether oxygens (including phenoxy) is 1. The molecule has 2 nitrogen and oxygen atoms in total. The number of likely N-dealkylation sites (N-methyl/N-ethyl adjacent to an activating group) is 1. The number of nitrogens with zero attached hydrogens (tertiary/aromatic N) is 1. The predicted molar refractivity (Wildman–Crippen MR) is 76.7 cm³/mol. The standard InChI is InChI=1S/C14H23NOS/c1-15(9-5-6-12-17)10-11-16-13-14-7-3-2-4-8-14/h2-4,7-8,17H,5-6,9-13H2,1H3. The minimum Gasteiger partial charge on any atom is -0.375 e. The zero-order chi connectivity index (χ0) is 12.3. The van der Waals surface area contributed by atoms with Gasteiger partial charge in [-0.15, -0.1) is 0 Å². The van der Waals surface area contributed by atoms with Gasteiger partial charge in [0.15, 0.2) is 0 Å². The van der Waals surface area contributed by atoms with E-state index in [1.54, 1.807) is 0 Å². The molecule has 0 atom stereocenters. The van der Waals surface area contributed by atoms with E-state index in [9.17, 15) is 0 Å². The largest absolute Gasteiger partial charge is 0.375 e. The second-order valence-corrected chi connectivity index (χ2v) is 4.72. The topological polar surface area (TPSA) is 12.5 Å². The maximum absolute atomic E-state index is 5.64. The summed E-state index contributed by atoms with van der Waals surface area (Å²) in [6, 6.07) is 10.3. The van der Waals surface area contributed by atoms with E-state index in [-0.39, 0.29) is 0 Å². The summed E-state index contributed by atoms with van der Waals surface area (Å²) >= 11 is 4.21. The maximum atomic E-state index is 5.64. The number of unbranched alkanes of at least 4 members (excludes halogenated alkanes) is 1. The molecule has 1 rings (SSSR count). The second-order valence-electron chi connectivity index (χ2n) is 4.27. The van der Waals surface area contributed by atoms with Gasteiger partial charge in [0, 0.05) is 6.54 Å². The van der Waals surface area contributed by atoms with Gasteiger partial charge in [0.05, 0.1) is 13.2 Å². The molecule has 0 aliphatic heterocycles. The van der Waals surface area contributed by atoms with Crippen molar-refractivity contribution in [3.63, 3.8) is 0 Å². The van der Waals surface area contributed by atoms with Crippen LogP contribution in [0, 0.1) is 0 Å². The van der Waals surface area contributed by atoms with E-state index in [2.05, 4.69) is 36.7 Å². The van der Waals surface area contributed by atoms with Crippen molar-refractivity contribution in [2.45, 2.75) is 19.4 Å². The van der Waals surface area contributed by atoms with Crippen molar-refractivity contribution in [2.75, 3.05) is 32.5 Å². The van der Waals surface area contributed by atoms with Crippen LogP contribution in [0.3, 0.4) is 0 Å². The molecule has 0 aromatic heterocycles. The lowest BCUT2D eigenvalue weighted by Crippen LogP contribution is -2.24. The van der Waals surface area contributed by atoms with Gasteiger partial charge < -0.3 is 9.64 Å². The zero-order valence-electron chi connectivity index (χ0n) is 10.6. The van der Waals surface area contributed by atoms with Crippen molar-refractivity contribution in [3.05, 3.63) is 35.9 Å². The van der Waals surface area contributed by atoms with Crippen LogP contribution in [0.2, 0.25) is 0 Å². The van der Waals surface area contributed by atoms with Crippen LogP contribution in [0.4, 0.5) is 0 Å². The van der Waals surface area contributed by atoms with Crippen LogP contribution in [0.15, 0.2) is 30.3 Å². The number of hydrogen-bond acceptors (Lipinski definition) is 3. The van der Waals surface area contributed by atoms with E-state index < -0.39 is 0 Å². The molecular formula is C14H23NOS. The summed E-state index contributed by atoms with van der Waals surface area (Å²) < 4.78 is 5.64. The molecule has 0 fully saturated rings. The summed E-state index contributed by atoms with van der Waals surface area (Å²) in [5.74, 6) is 0.984. The summed E-state index contributed by atoms with van der Waals surface area (Å²) in [5.41, 5.74) is 1.24. The fourth-order valence-corrected chi connectivity index (χ4v) is 1.81. The van der Waals surface area contributed by atoms with Gasteiger partial charge >= 0.3 is 0 Å². The lowest BCUT2D eigenvalue weighted by molar-refractivity contribution is 0.0993. The van der Waals surface area contributed by atoms with Gasteiger partial charge in [0.25, 0.3) is 0 Å². The third-order valence-electron chi connectivity index (χ3n) is 2.68. The maximum Gasteiger partial charge on any atom is 0.0717 e. The molecule has 0 aliphatic carbocycles. The molecule has 0 bridgehead atoms. The average molecular weight is 253 g/mol. The Morgan fingerprint density at radius 3 is 2.59 bits per heavy atom. The van der Waals surface area contributed by atoms with Gasteiger partial charge in [-0.3, -0.25) is 0 Å². The molecule has 0 spiro atoms. The van der Waals surface area contributed by atoms with E-state index in [1.807, 2.05) is 18.2 Å². The molecule has 0 N–H and O–H groups in total. The first-order valence-corrected chi connectivity index (χ1v) is 6.87. The van der Waals surface area contributed by atoms with Crippen LogP contribution >= 0.6 is 12.6 Å². The highest BCUT2D eigenvalue weighted by atomic mass is 32.1. The molecule has 1 aromatic carbocycles. The quantitative estimate of drug-likeness (QED) is 0.537. The highest BCUT2D eigenvalue weighted by Crippen LogP contribution is 2.00. The third-order valence-corrected chi connectivity index (χ3v) is 2.99. The Morgan fingerprint density at radius 2 is 1.88 bits per heavy atom. The summed E-state index contributed by atoms with van der Waals surface area (Å²) in [6.07, 6.45) is 2.41. The van der Waals surface area contributed by atoms with Gasteiger partial charge in [-0.25, -0.2) is 0 Å². The lowest BCUT2D eigenvalue weighted by Gasteiger charge is -2.16. The molecule has 0 unspecified atom stereocenters. The van der Waals surface area contributed by atoms with Crippen molar-refractivity contribution < 1.29 is 4.74 Å². The minimum atomic E-state index is 0.714. The Kier molecular flexibility index (Phi) is 8.14. The van der Waals surface area contributed by atoms with E-state index in [4.69, 9.17) is 4.74 Å². The van der Waals surface area contributed by atoms with Crippen LogP contribution in [0.25, 0.3) is 0 Å². The molecule has 0 aliphatic rings. The Balaban J connectivity index is 2.00. The lowest BCUT2D eigenvalue weighted by atomic mass is 10.2. The molecule has 3 heteroatoms. The highest BCUT2D eigenvalue weighted by molar-refractivity contribution is 7.80. The molecule has 0 heterocycles. The number of rotatable bonds is 9. The van der Waals surface area contributed by atoms with Crippen molar-refractivity contribution in [1.82, 2.24) is 4.90 Å². The fourth-order valence-electron chi connectivity index (χ4n) is 1.59. The number of benzene rings is 1. The Morgan fingerprint density at radius 1 is 1.12 bits per heavy atom. The Hall–Kier alpha value is -0.510. The predicted octanol–water partition coefficient (Wildman–Crippen LogP) is 2.85. The molecule has 0 amide bonds. The molecule has 1 aromatic rings. The monoisotopic (exact) mass is 253 g/mol. The zero-order valence-corrected chi connectivity index (χ0v) is 11.5. The molecule has 0 saturated carbocycles. The van der Waals surface area contributed by atoms with Crippen LogP contribution in [0.1, 0.15) is 18.4 Å². The summed E-state index contributed by atoms with van der Waals surface area (Å²) in [5, 5.41) is 0. The smallest absolute Gasteiger partial charge is 0.0717 e. The summed E-state index contributed by atoms with van der Waals surface area (Å²) in [4.78, 5) is 2.31. The van der Waals surface area contributed by atoms with Gasteiger partial charge in [-0.05, 0) is 37.8 Å². The van der Waals surface area contributed by atoms with E-state index >= 15 is 0 Å². The van der Waals surface area contributed by atoms with Crippen LogP contribution in [-0.4, -0.2) is 37.4 Å². The van der Waals surface area contributed by atoms with Crippen molar-refractivity contribution in [1.29, 1.82) is 0 Å². The van der Waals surface area contributed by atoms with E-state index in [0.29, 0.717) is 6.61 Å². The summed E-state index contributed by atoms with van der Waals surface area (Å²) in [7, 11) is 2.14. The Labute approximate surface area is 110 Å².